The van der Waals surface area contributed by atoms with Crippen molar-refractivity contribution in [2.24, 2.45) is 0 Å². The zero-order valence-electron chi connectivity index (χ0n) is 11.5. The van der Waals surface area contributed by atoms with Crippen molar-refractivity contribution >= 4 is 23.2 Å². The monoisotopic (exact) mass is 288 g/mol. The van der Waals surface area contributed by atoms with Gasteiger partial charge < -0.3 is 10.6 Å². The maximum Gasteiger partial charge on any atom is 0.251 e. The average Bonchev–Trinajstić information content (AvgIpc) is 2.48. The van der Waals surface area contributed by atoms with Crippen molar-refractivity contribution in [2.75, 3.05) is 12.4 Å². The highest BCUT2D eigenvalue weighted by atomic mass is 35.5. The van der Waals surface area contributed by atoms with Crippen molar-refractivity contribution in [3.05, 3.63) is 64.2 Å². The zero-order valence-corrected chi connectivity index (χ0v) is 12.3. The fourth-order valence-corrected chi connectivity index (χ4v) is 2.01. The first kappa shape index (κ1) is 14.4. The van der Waals surface area contributed by atoms with Crippen LogP contribution in [-0.4, -0.2) is 13.0 Å². The molecule has 1 amide bonds. The number of anilines is 1. The van der Waals surface area contributed by atoms with Gasteiger partial charge in [0, 0.05) is 29.9 Å². The number of nitrogens with one attached hydrogen (secondary N) is 2. The van der Waals surface area contributed by atoms with Gasteiger partial charge in [0.05, 0.1) is 0 Å². The molecule has 0 atom stereocenters. The van der Waals surface area contributed by atoms with Crippen LogP contribution in [0.15, 0.2) is 42.5 Å². The summed E-state index contributed by atoms with van der Waals surface area (Å²) in [6.07, 6.45) is 0. The predicted octanol–water partition coefficient (Wildman–Crippen LogP) is 3.62. The first-order valence-corrected chi connectivity index (χ1v) is 6.79. The van der Waals surface area contributed by atoms with Gasteiger partial charge >= 0.3 is 0 Å². The Bertz CT molecular complexity index is 608. The van der Waals surface area contributed by atoms with Gasteiger partial charge in [0.2, 0.25) is 0 Å². The van der Waals surface area contributed by atoms with Gasteiger partial charge in [-0.3, -0.25) is 4.79 Å². The Morgan fingerprint density at radius 1 is 1.15 bits per heavy atom. The van der Waals surface area contributed by atoms with Crippen LogP contribution in [-0.2, 0) is 6.54 Å². The van der Waals surface area contributed by atoms with Crippen molar-refractivity contribution in [3.8, 4) is 0 Å². The lowest BCUT2D eigenvalue weighted by Crippen LogP contribution is -2.17. The first-order valence-electron chi connectivity index (χ1n) is 6.41. The molecule has 0 spiro atoms. The van der Waals surface area contributed by atoms with Gasteiger partial charge in [-0.05, 0) is 42.3 Å². The second kappa shape index (κ2) is 6.44. The Morgan fingerprint density at radius 2 is 1.85 bits per heavy atom. The molecule has 0 saturated heterocycles. The highest BCUT2D eigenvalue weighted by Crippen LogP contribution is 2.20. The zero-order chi connectivity index (χ0) is 14.5. The van der Waals surface area contributed by atoms with Crippen LogP contribution in [0.1, 0.15) is 21.5 Å². The molecular weight excluding hydrogens is 272 g/mol. The van der Waals surface area contributed by atoms with Gasteiger partial charge in [0.1, 0.15) is 0 Å². The third kappa shape index (κ3) is 3.52. The molecule has 0 aromatic heterocycles. The fraction of sp³-hybridized carbons (Fsp3) is 0.188. The number of rotatable bonds is 4. The molecule has 2 N–H and O–H groups in total. The Balaban J connectivity index is 2.00. The maximum atomic E-state index is 11.4. The summed E-state index contributed by atoms with van der Waals surface area (Å²) in [5.41, 5.74) is 3.81. The summed E-state index contributed by atoms with van der Waals surface area (Å²) in [5, 5.41) is 6.66. The first-order chi connectivity index (χ1) is 9.60. The number of carbonyl (C=O) groups is 1. The molecule has 0 aliphatic heterocycles. The van der Waals surface area contributed by atoms with E-state index in [0.717, 1.165) is 21.8 Å². The number of carbonyl (C=O) groups excluding carboxylic acids is 1. The third-order valence-corrected chi connectivity index (χ3v) is 3.52. The molecule has 104 valence electrons. The molecule has 2 aromatic rings. The largest absolute Gasteiger partial charge is 0.381 e. The quantitative estimate of drug-likeness (QED) is 0.902. The topological polar surface area (TPSA) is 41.1 Å². The summed E-state index contributed by atoms with van der Waals surface area (Å²) in [7, 11) is 1.62. The number of benzene rings is 2. The fourth-order valence-electron chi connectivity index (χ4n) is 1.83. The molecule has 4 heteroatoms. The molecule has 3 nitrogen and oxygen atoms in total. The van der Waals surface area contributed by atoms with Crippen molar-refractivity contribution in [3.63, 3.8) is 0 Å². The molecule has 0 radical (unpaired) electrons. The smallest absolute Gasteiger partial charge is 0.251 e. The van der Waals surface area contributed by atoms with Gasteiger partial charge in [-0.25, -0.2) is 0 Å². The highest BCUT2D eigenvalue weighted by molar-refractivity contribution is 6.31. The van der Waals surface area contributed by atoms with Crippen LogP contribution in [0.25, 0.3) is 0 Å². The van der Waals surface area contributed by atoms with Crippen molar-refractivity contribution in [1.82, 2.24) is 5.32 Å². The van der Waals surface area contributed by atoms with Crippen LogP contribution in [0.3, 0.4) is 0 Å². The minimum Gasteiger partial charge on any atom is -0.381 e. The average molecular weight is 289 g/mol. The molecule has 0 unspecified atom stereocenters. The summed E-state index contributed by atoms with van der Waals surface area (Å²) >= 11 is 6.08. The SMILES string of the molecule is CNC(=O)c1ccc(CNc2ccc(C)c(Cl)c2)cc1. The third-order valence-electron chi connectivity index (χ3n) is 3.11. The van der Waals surface area contributed by atoms with Crippen LogP contribution in [0.5, 0.6) is 0 Å². The molecule has 0 heterocycles. The summed E-state index contributed by atoms with van der Waals surface area (Å²) in [6, 6.07) is 13.4. The van der Waals surface area contributed by atoms with E-state index in [2.05, 4.69) is 10.6 Å². The Labute approximate surface area is 124 Å². The van der Waals surface area contributed by atoms with Crippen molar-refractivity contribution < 1.29 is 4.79 Å². The molecule has 2 aromatic carbocycles. The predicted molar refractivity (Wildman–Crippen MR) is 83.3 cm³/mol. The molecule has 20 heavy (non-hydrogen) atoms. The minimum absolute atomic E-state index is 0.0742. The van der Waals surface area contributed by atoms with Gasteiger partial charge in [0.15, 0.2) is 0 Å². The summed E-state index contributed by atoms with van der Waals surface area (Å²) in [5.74, 6) is -0.0742. The van der Waals surface area contributed by atoms with Gasteiger partial charge in [-0.15, -0.1) is 0 Å². The number of aryl methyl sites for hydroxylation is 1. The maximum absolute atomic E-state index is 11.4. The lowest BCUT2D eigenvalue weighted by atomic mass is 10.1. The van der Waals surface area contributed by atoms with E-state index in [4.69, 9.17) is 11.6 Å². The van der Waals surface area contributed by atoms with E-state index in [1.165, 1.54) is 0 Å². The second-order valence-corrected chi connectivity index (χ2v) is 5.00. The van der Waals surface area contributed by atoms with E-state index >= 15 is 0 Å². The second-order valence-electron chi connectivity index (χ2n) is 4.59. The molecule has 0 aliphatic rings. The molecule has 0 aliphatic carbocycles. The van der Waals surface area contributed by atoms with Crippen LogP contribution in [0, 0.1) is 6.92 Å². The van der Waals surface area contributed by atoms with Gasteiger partial charge in [0.25, 0.3) is 5.91 Å². The van der Waals surface area contributed by atoms with Crippen molar-refractivity contribution in [2.45, 2.75) is 13.5 Å². The lowest BCUT2D eigenvalue weighted by Gasteiger charge is -2.08. The van der Waals surface area contributed by atoms with Gasteiger partial charge in [-0.2, -0.15) is 0 Å². The van der Waals surface area contributed by atoms with E-state index < -0.39 is 0 Å². The summed E-state index contributed by atoms with van der Waals surface area (Å²) in [6.45, 7) is 2.66. The van der Waals surface area contributed by atoms with Crippen LogP contribution in [0.4, 0.5) is 5.69 Å². The summed E-state index contributed by atoms with van der Waals surface area (Å²) in [4.78, 5) is 11.4. The highest BCUT2D eigenvalue weighted by Gasteiger charge is 2.02. The van der Waals surface area contributed by atoms with Crippen LogP contribution in [0.2, 0.25) is 5.02 Å². The van der Waals surface area contributed by atoms with Crippen LogP contribution >= 0.6 is 11.6 Å². The standard InChI is InChI=1S/C16H17ClN2O/c1-11-3-8-14(9-15(11)17)19-10-12-4-6-13(7-5-12)16(20)18-2/h3-9,19H,10H2,1-2H3,(H,18,20). The Kier molecular flexibility index (Phi) is 4.64. The lowest BCUT2D eigenvalue weighted by molar-refractivity contribution is 0.0963. The summed E-state index contributed by atoms with van der Waals surface area (Å²) < 4.78 is 0. The number of halogens is 1. The normalized spacial score (nSPS) is 10.2. The molecule has 2 rings (SSSR count). The number of amides is 1. The Morgan fingerprint density at radius 3 is 2.45 bits per heavy atom. The Hall–Kier alpha value is -2.00. The van der Waals surface area contributed by atoms with E-state index in [9.17, 15) is 4.79 Å². The van der Waals surface area contributed by atoms with Crippen LogP contribution < -0.4 is 10.6 Å². The minimum atomic E-state index is -0.0742. The van der Waals surface area contributed by atoms with E-state index in [-0.39, 0.29) is 5.91 Å². The molecule has 0 bridgehead atoms. The van der Waals surface area contributed by atoms with E-state index in [0.29, 0.717) is 12.1 Å². The van der Waals surface area contributed by atoms with Gasteiger partial charge in [-0.1, -0.05) is 29.8 Å². The molecule has 0 saturated carbocycles. The molecular formula is C16H17ClN2O. The van der Waals surface area contributed by atoms with Crippen molar-refractivity contribution in [1.29, 1.82) is 0 Å². The molecule has 0 fully saturated rings. The van der Waals surface area contributed by atoms with E-state index in [1.54, 1.807) is 7.05 Å². The van der Waals surface area contributed by atoms with E-state index in [1.807, 2.05) is 49.4 Å². The number of hydrogen-bond donors (Lipinski definition) is 2. The number of hydrogen-bond acceptors (Lipinski definition) is 2.